The number of benzene rings is 1. The number of alkyl halides is 2. The quantitative estimate of drug-likeness (QED) is 0.917. The van der Waals surface area contributed by atoms with Crippen molar-refractivity contribution in [2.75, 3.05) is 18.0 Å². The molecule has 0 bridgehead atoms. The van der Waals surface area contributed by atoms with Gasteiger partial charge >= 0.3 is 5.97 Å². The van der Waals surface area contributed by atoms with Gasteiger partial charge in [0.15, 0.2) is 0 Å². The van der Waals surface area contributed by atoms with E-state index in [1.54, 1.807) is 0 Å². The molecule has 0 saturated carbocycles. The van der Waals surface area contributed by atoms with E-state index in [4.69, 9.17) is 5.11 Å². The number of aryl methyl sites for hydroxylation is 1. The second-order valence-corrected chi connectivity index (χ2v) is 5.08. The van der Waals surface area contributed by atoms with Crippen LogP contribution in [0.5, 0.6) is 0 Å². The molecule has 0 radical (unpaired) electrons. The Hall–Kier alpha value is -1.65. The predicted octanol–water partition coefficient (Wildman–Crippen LogP) is 2.93. The van der Waals surface area contributed by atoms with Crippen molar-refractivity contribution in [2.45, 2.75) is 26.2 Å². The zero-order valence-electron chi connectivity index (χ0n) is 10.8. The Bertz CT molecular complexity index is 451. The predicted molar refractivity (Wildman–Crippen MR) is 68.7 cm³/mol. The van der Waals surface area contributed by atoms with Gasteiger partial charge in [-0.1, -0.05) is 17.7 Å². The first-order chi connectivity index (χ1) is 8.95. The summed E-state index contributed by atoms with van der Waals surface area (Å²) < 4.78 is 26.0. The molecule has 104 valence electrons. The highest BCUT2D eigenvalue weighted by molar-refractivity contribution is 5.75. The van der Waals surface area contributed by atoms with E-state index in [2.05, 4.69) is 0 Å². The van der Waals surface area contributed by atoms with Crippen molar-refractivity contribution in [3.8, 4) is 0 Å². The molecular formula is C14H17F2NO2. The molecule has 1 aliphatic heterocycles. The second kappa shape index (κ2) is 5.15. The summed E-state index contributed by atoms with van der Waals surface area (Å²) in [4.78, 5) is 13.1. The number of hydrogen-bond donors (Lipinski definition) is 1. The molecule has 3 nitrogen and oxygen atoms in total. The van der Waals surface area contributed by atoms with E-state index < -0.39 is 17.8 Å². The Labute approximate surface area is 110 Å². The van der Waals surface area contributed by atoms with E-state index in [0.717, 1.165) is 11.3 Å². The molecule has 0 atom stereocenters. The van der Waals surface area contributed by atoms with Crippen LogP contribution in [0.25, 0.3) is 0 Å². The van der Waals surface area contributed by atoms with Crippen molar-refractivity contribution >= 4 is 11.7 Å². The maximum Gasteiger partial charge on any atom is 0.315 e. The topological polar surface area (TPSA) is 40.5 Å². The summed E-state index contributed by atoms with van der Waals surface area (Å²) in [7, 11) is 0. The standard InChI is InChI=1S/C14H17F2NO2/c1-10-2-4-11(5-3-10)17-8-6-14(7-9-17,12(15)16)13(18)19/h2-5,12H,6-9H2,1H3,(H,18,19). The van der Waals surface area contributed by atoms with Crippen molar-refractivity contribution in [1.82, 2.24) is 0 Å². The van der Waals surface area contributed by atoms with E-state index in [9.17, 15) is 13.6 Å². The largest absolute Gasteiger partial charge is 0.481 e. The summed E-state index contributed by atoms with van der Waals surface area (Å²) in [5, 5.41) is 9.05. The molecule has 0 unspecified atom stereocenters. The molecule has 0 amide bonds. The van der Waals surface area contributed by atoms with Crippen LogP contribution in [0.2, 0.25) is 0 Å². The average molecular weight is 269 g/mol. The van der Waals surface area contributed by atoms with Gasteiger partial charge in [0.1, 0.15) is 5.41 Å². The highest BCUT2D eigenvalue weighted by Gasteiger charge is 2.49. The summed E-state index contributed by atoms with van der Waals surface area (Å²) in [6, 6.07) is 7.79. The molecule has 1 fully saturated rings. The molecular weight excluding hydrogens is 252 g/mol. The van der Waals surface area contributed by atoms with Crippen molar-refractivity contribution in [3.63, 3.8) is 0 Å². The van der Waals surface area contributed by atoms with Gasteiger partial charge in [-0.25, -0.2) is 8.78 Å². The number of carbonyl (C=O) groups is 1. The molecule has 2 rings (SSSR count). The fourth-order valence-electron chi connectivity index (χ4n) is 2.44. The highest BCUT2D eigenvalue weighted by atomic mass is 19.3. The normalized spacial score (nSPS) is 18.6. The zero-order chi connectivity index (χ0) is 14.0. The number of carboxylic acid groups (broad SMARTS) is 1. The molecule has 0 spiro atoms. The van der Waals surface area contributed by atoms with Crippen molar-refractivity contribution < 1.29 is 18.7 Å². The van der Waals surface area contributed by atoms with Crippen LogP contribution in [0.15, 0.2) is 24.3 Å². The van der Waals surface area contributed by atoms with Crippen LogP contribution in [0.1, 0.15) is 18.4 Å². The van der Waals surface area contributed by atoms with Gasteiger partial charge in [-0.3, -0.25) is 4.79 Å². The Balaban J connectivity index is 2.10. The minimum absolute atomic E-state index is 0.0200. The van der Waals surface area contributed by atoms with Crippen molar-refractivity contribution in [3.05, 3.63) is 29.8 Å². The van der Waals surface area contributed by atoms with Crippen LogP contribution in [0.4, 0.5) is 14.5 Å². The Morgan fingerprint density at radius 2 is 1.79 bits per heavy atom. The van der Waals surface area contributed by atoms with E-state index in [1.165, 1.54) is 0 Å². The fourth-order valence-corrected chi connectivity index (χ4v) is 2.44. The molecule has 1 N–H and O–H groups in total. The van der Waals surface area contributed by atoms with Crippen molar-refractivity contribution in [2.24, 2.45) is 5.41 Å². The lowest BCUT2D eigenvalue weighted by molar-refractivity contribution is -0.161. The first-order valence-corrected chi connectivity index (χ1v) is 6.29. The Morgan fingerprint density at radius 3 is 2.21 bits per heavy atom. The fraction of sp³-hybridized carbons (Fsp3) is 0.500. The van der Waals surface area contributed by atoms with E-state index >= 15 is 0 Å². The lowest BCUT2D eigenvalue weighted by atomic mass is 9.78. The first kappa shape index (κ1) is 13.8. The van der Waals surface area contributed by atoms with Crippen molar-refractivity contribution in [1.29, 1.82) is 0 Å². The Morgan fingerprint density at radius 1 is 1.26 bits per heavy atom. The molecule has 0 aromatic heterocycles. The van der Waals surface area contributed by atoms with Crippen LogP contribution in [-0.4, -0.2) is 30.6 Å². The van der Waals surface area contributed by atoms with Gasteiger partial charge in [-0.2, -0.15) is 0 Å². The van der Waals surface area contributed by atoms with Crippen LogP contribution < -0.4 is 4.90 Å². The summed E-state index contributed by atoms with van der Waals surface area (Å²) in [5.74, 6) is -1.38. The minimum atomic E-state index is -2.81. The monoisotopic (exact) mass is 269 g/mol. The molecule has 5 heteroatoms. The van der Waals surface area contributed by atoms with Gasteiger partial charge in [0.05, 0.1) is 0 Å². The lowest BCUT2D eigenvalue weighted by Crippen LogP contribution is -2.48. The number of halogens is 2. The third-order valence-electron chi connectivity index (χ3n) is 3.90. The maximum absolute atomic E-state index is 13.0. The van der Waals surface area contributed by atoms with Gasteiger partial charge in [-0.05, 0) is 31.9 Å². The second-order valence-electron chi connectivity index (χ2n) is 5.08. The van der Waals surface area contributed by atoms with E-state index in [1.807, 2.05) is 36.1 Å². The minimum Gasteiger partial charge on any atom is -0.481 e. The maximum atomic E-state index is 13.0. The molecule has 1 heterocycles. The number of hydrogen-bond acceptors (Lipinski definition) is 2. The molecule has 0 aliphatic carbocycles. The number of nitrogens with zero attached hydrogens (tertiary/aromatic N) is 1. The third-order valence-corrected chi connectivity index (χ3v) is 3.90. The number of piperidine rings is 1. The van der Waals surface area contributed by atoms with Crippen LogP contribution in [0.3, 0.4) is 0 Å². The highest BCUT2D eigenvalue weighted by Crippen LogP contribution is 2.39. The molecule has 1 aromatic carbocycles. The SMILES string of the molecule is Cc1ccc(N2CCC(C(=O)O)(C(F)F)CC2)cc1. The number of aliphatic carboxylic acids is 1. The lowest BCUT2D eigenvalue weighted by Gasteiger charge is -2.39. The summed E-state index contributed by atoms with van der Waals surface area (Å²) in [6.07, 6.45) is -2.85. The Kier molecular flexibility index (Phi) is 3.73. The van der Waals surface area contributed by atoms with Gasteiger partial charge < -0.3 is 10.0 Å². The van der Waals surface area contributed by atoms with Gasteiger partial charge in [-0.15, -0.1) is 0 Å². The summed E-state index contributed by atoms with van der Waals surface area (Å²) in [5.41, 5.74) is 0.216. The number of carboxylic acids is 1. The number of rotatable bonds is 3. The van der Waals surface area contributed by atoms with Gasteiger partial charge in [0, 0.05) is 18.8 Å². The zero-order valence-corrected chi connectivity index (χ0v) is 10.8. The molecule has 1 aliphatic rings. The van der Waals surface area contributed by atoms with Crippen LogP contribution in [-0.2, 0) is 4.79 Å². The molecule has 1 aromatic rings. The third kappa shape index (κ3) is 2.55. The van der Waals surface area contributed by atoms with Crippen LogP contribution in [0, 0.1) is 12.3 Å². The van der Waals surface area contributed by atoms with Gasteiger partial charge in [0.25, 0.3) is 6.43 Å². The molecule has 19 heavy (non-hydrogen) atoms. The first-order valence-electron chi connectivity index (χ1n) is 6.29. The average Bonchev–Trinajstić information content (AvgIpc) is 2.39. The van der Waals surface area contributed by atoms with Crippen LogP contribution >= 0.6 is 0 Å². The number of anilines is 1. The van der Waals surface area contributed by atoms with E-state index in [0.29, 0.717) is 13.1 Å². The van der Waals surface area contributed by atoms with Gasteiger partial charge in [0.2, 0.25) is 0 Å². The van der Waals surface area contributed by atoms with E-state index in [-0.39, 0.29) is 12.8 Å². The molecule has 1 saturated heterocycles. The smallest absolute Gasteiger partial charge is 0.315 e. The summed E-state index contributed by atoms with van der Waals surface area (Å²) in [6.45, 7) is 2.67. The summed E-state index contributed by atoms with van der Waals surface area (Å²) >= 11 is 0.